The maximum Gasteiger partial charge on any atom is 0.495 e. The van der Waals surface area contributed by atoms with Crippen molar-refractivity contribution in [1.29, 1.82) is 0 Å². The van der Waals surface area contributed by atoms with Gasteiger partial charge in [-0.3, -0.25) is 0 Å². The van der Waals surface area contributed by atoms with Crippen molar-refractivity contribution < 1.29 is 14.4 Å². The predicted octanol–water partition coefficient (Wildman–Crippen LogP) is 3.41. The SMILES string of the molecule is CCc1c(O)ccc2c(B3OC(C)(C)C(C)(C)O3)cccc12. The van der Waals surface area contributed by atoms with Gasteiger partial charge in [0, 0.05) is 5.56 Å². The Morgan fingerprint density at radius 3 is 2.18 bits per heavy atom. The number of hydrogen-bond acceptors (Lipinski definition) is 3. The van der Waals surface area contributed by atoms with E-state index in [0.717, 1.165) is 28.2 Å². The van der Waals surface area contributed by atoms with Gasteiger partial charge in [0.2, 0.25) is 0 Å². The van der Waals surface area contributed by atoms with Crippen LogP contribution in [0.1, 0.15) is 40.2 Å². The molecular weight excluding hydrogens is 275 g/mol. The molecule has 1 aliphatic heterocycles. The van der Waals surface area contributed by atoms with Crippen LogP contribution in [0.15, 0.2) is 30.3 Å². The van der Waals surface area contributed by atoms with Crippen LogP contribution < -0.4 is 5.46 Å². The summed E-state index contributed by atoms with van der Waals surface area (Å²) in [6.07, 6.45) is 0.788. The zero-order valence-corrected chi connectivity index (χ0v) is 13.9. The maximum absolute atomic E-state index is 10.1. The smallest absolute Gasteiger partial charge is 0.495 e. The second-order valence-electron chi connectivity index (χ2n) is 6.95. The third kappa shape index (κ3) is 2.22. The summed E-state index contributed by atoms with van der Waals surface area (Å²) in [4.78, 5) is 0. The minimum atomic E-state index is -0.386. The van der Waals surface area contributed by atoms with Crippen molar-refractivity contribution in [1.82, 2.24) is 0 Å². The minimum Gasteiger partial charge on any atom is -0.508 e. The third-order valence-corrected chi connectivity index (χ3v) is 5.04. The van der Waals surface area contributed by atoms with Crippen LogP contribution in [0.2, 0.25) is 0 Å². The summed E-state index contributed by atoms with van der Waals surface area (Å²) in [5.74, 6) is 0.348. The standard InChI is InChI=1S/C18H23BO3/c1-6-12-13-8-7-9-15(14(13)10-11-16(12)20)19-21-17(2,3)18(4,5)22-19/h7-11,20H,6H2,1-5H3. The number of rotatable bonds is 2. The summed E-state index contributed by atoms with van der Waals surface area (Å²) in [5.41, 5.74) is 1.27. The Bertz CT molecular complexity index is 706. The zero-order valence-electron chi connectivity index (χ0n) is 13.9. The van der Waals surface area contributed by atoms with E-state index >= 15 is 0 Å². The van der Waals surface area contributed by atoms with Gasteiger partial charge in [-0.2, -0.15) is 0 Å². The quantitative estimate of drug-likeness (QED) is 0.864. The van der Waals surface area contributed by atoms with Gasteiger partial charge in [-0.1, -0.05) is 31.2 Å². The van der Waals surface area contributed by atoms with Crippen molar-refractivity contribution in [3.63, 3.8) is 0 Å². The summed E-state index contributed by atoms with van der Waals surface area (Å²) in [7, 11) is -0.386. The van der Waals surface area contributed by atoms with Crippen LogP contribution >= 0.6 is 0 Å². The molecule has 0 saturated carbocycles. The van der Waals surface area contributed by atoms with Crippen LogP contribution in [-0.2, 0) is 15.7 Å². The Morgan fingerprint density at radius 1 is 0.955 bits per heavy atom. The van der Waals surface area contributed by atoms with E-state index in [1.807, 2.05) is 24.3 Å². The molecule has 0 atom stereocenters. The van der Waals surface area contributed by atoms with Gasteiger partial charge in [0.05, 0.1) is 11.2 Å². The highest BCUT2D eigenvalue weighted by molar-refractivity contribution is 6.65. The third-order valence-electron chi connectivity index (χ3n) is 5.04. The lowest BCUT2D eigenvalue weighted by Gasteiger charge is -2.32. The van der Waals surface area contributed by atoms with Crippen LogP contribution in [0.4, 0.5) is 0 Å². The van der Waals surface area contributed by atoms with E-state index in [2.05, 4.69) is 34.6 Å². The Labute approximate surface area is 132 Å². The van der Waals surface area contributed by atoms with E-state index in [-0.39, 0.29) is 18.3 Å². The van der Waals surface area contributed by atoms with Crippen molar-refractivity contribution in [3.8, 4) is 5.75 Å². The minimum absolute atomic E-state index is 0.348. The maximum atomic E-state index is 10.1. The topological polar surface area (TPSA) is 38.7 Å². The zero-order chi connectivity index (χ0) is 16.1. The molecule has 0 unspecified atom stereocenters. The molecule has 1 heterocycles. The highest BCUT2D eigenvalue weighted by atomic mass is 16.7. The Kier molecular flexibility index (Phi) is 3.50. The van der Waals surface area contributed by atoms with Crippen LogP contribution in [0.25, 0.3) is 10.8 Å². The molecule has 0 bridgehead atoms. The van der Waals surface area contributed by atoms with Crippen molar-refractivity contribution in [2.24, 2.45) is 0 Å². The Balaban J connectivity index is 2.14. The fourth-order valence-electron chi connectivity index (χ4n) is 2.98. The van der Waals surface area contributed by atoms with Crippen molar-refractivity contribution >= 4 is 23.4 Å². The fraction of sp³-hybridized carbons (Fsp3) is 0.444. The first-order valence-electron chi connectivity index (χ1n) is 7.86. The van der Waals surface area contributed by atoms with E-state index in [1.165, 1.54) is 0 Å². The molecule has 3 rings (SSSR count). The van der Waals surface area contributed by atoms with E-state index in [1.54, 1.807) is 6.07 Å². The van der Waals surface area contributed by atoms with Crippen LogP contribution in [-0.4, -0.2) is 23.4 Å². The second-order valence-corrected chi connectivity index (χ2v) is 6.95. The fourth-order valence-corrected chi connectivity index (χ4v) is 2.98. The summed E-state index contributed by atoms with van der Waals surface area (Å²) in [5, 5.41) is 12.2. The van der Waals surface area contributed by atoms with Crippen molar-refractivity contribution in [2.45, 2.75) is 52.2 Å². The lowest BCUT2D eigenvalue weighted by Crippen LogP contribution is -2.41. The molecule has 0 spiro atoms. The predicted molar refractivity (Wildman–Crippen MR) is 90.7 cm³/mol. The number of phenols is 1. The Morgan fingerprint density at radius 2 is 1.59 bits per heavy atom. The summed E-state index contributed by atoms with van der Waals surface area (Å²) < 4.78 is 12.4. The average Bonchev–Trinajstić information content (AvgIpc) is 2.66. The second kappa shape index (κ2) is 5.00. The normalized spacial score (nSPS) is 19.8. The van der Waals surface area contributed by atoms with Gasteiger partial charge >= 0.3 is 7.12 Å². The Hall–Kier alpha value is -1.52. The molecule has 2 aromatic carbocycles. The van der Waals surface area contributed by atoms with E-state index in [4.69, 9.17) is 9.31 Å². The molecule has 3 nitrogen and oxygen atoms in total. The molecule has 1 N–H and O–H groups in total. The van der Waals surface area contributed by atoms with Gasteiger partial charge in [-0.25, -0.2) is 0 Å². The van der Waals surface area contributed by atoms with E-state index in [0.29, 0.717) is 5.75 Å². The summed E-state index contributed by atoms with van der Waals surface area (Å²) >= 11 is 0. The summed E-state index contributed by atoms with van der Waals surface area (Å²) in [6, 6.07) is 9.80. The van der Waals surface area contributed by atoms with E-state index < -0.39 is 0 Å². The van der Waals surface area contributed by atoms with Crippen LogP contribution in [0.3, 0.4) is 0 Å². The number of benzene rings is 2. The monoisotopic (exact) mass is 298 g/mol. The first-order valence-corrected chi connectivity index (χ1v) is 7.86. The van der Waals surface area contributed by atoms with Crippen molar-refractivity contribution in [2.75, 3.05) is 0 Å². The molecule has 1 aliphatic rings. The summed E-state index contributed by atoms with van der Waals surface area (Å²) in [6.45, 7) is 10.3. The van der Waals surface area contributed by atoms with Crippen LogP contribution in [0.5, 0.6) is 5.75 Å². The molecule has 0 radical (unpaired) electrons. The molecule has 4 heteroatoms. The lowest BCUT2D eigenvalue weighted by molar-refractivity contribution is 0.00578. The molecule has 0 aromatic heterocycles. The van der Waals surface area contributed by atoms with Crippen LogP contribution in [0, 0.1) is 0 Å². The highest BCUT2D eigenvalue weighted by Gasteiger charge is 2.52. The van der Waals surface area contributed by atoms with Gasteiger partial charge in [-0.15, -0.1) is 0 Å². The van der Waals surface area contributed by atoms with Gasteiger partial charge < -0.3 is 14.4 Å². The van der Waals surface area contributed by atoms with Gasteiger partial charge in [-0.05, 0) is 56.4 Å². The largest absolute Gasteiger partial charge is 0.508 e. The molecule has 0 aliphatic carbocycles. The highest BCUT2D eigenvalue weighted by Crippen LogP contribution is 2.37. The molecule has 1 saturated heterocycles. The number of hydrogen-bond donors (Lipinski definition) is 1. The molecular formula is C18H23BO3. The first-order chi connectivity index (χ1) is 10.3. The molecule has 116 valence electrons. The number of aryl methyl sites for hydroxylation is 1. The average molecular weight is 298 g/mol. The molecule has 1 fully saturated rings. The number of aromatic hydroxyl groups is 1. The molecule has 2 aromatic rings. The molecule has 22 heavy (non-hydrogen) atoms. The lowest BCUT2D eigenvalue weighted by atomic mass is 9.75. The molecule has 0 amide bonds. The number of fused-ring (bicyclic) bond motifs is 1. The van der Waals surface area contributed by atoms with Crippen molar-refractivity contribution in [3.05, 3.63) is 35.9 Å². The van der Waals surface area contributed by atoms with Gasteiger partial charge in [0.25, 0.3) is 0 Å². The first kappa shape index (κ1) is 15.4. The van der Waals surface area contributed by atoms with Gasteiger partial charge in [0.15, 0.2) is 0 Å². The van der Waals surface area contributed by atoms with Gasteiger partial charge in [0.1, 0.15) is 5.75 Å². The number of phenolic OH excluding ortho intramolecular Hbond substituents is 1. The van der Waals surface area contributed by atoms with E-state index in [9.17, 15) is 5.11 Å².